The molecule has 0 saturated heterocycles. The topological polar surface area (TPSA) is 37.0 Å². The molecule has 2 aromatic rings. The smallest absolute Gasteiger partial charge is 0.129 e. The molecule has 0 amide bonds. The molecular weight excluding hydrogens is 258 g/mol. The van der Waals surface area contributed by atoms with Crippen LogP contribution in [-0.4, -0.2) is 24.6 Å². The Bertz CT molecular complexity index is 593. The molecule has 110 valence electrons. The number of nitrogens with one attached hydrogen (secondary N) is 2. The maximum Gasteiger partial charge on any atom is 0.129 e. The number of pyridine rings is 1. The van der Waals surface area contributed by atoms with Crippen LogP contribution in [0.5, 0.6) is 0 Å². The van der Waals surface area contributed by atoms with Gasteiger partial charge in [0.2, 0.25) is 0 Å². The van der Waals surface area contributed by atoms with Crippen molar-refractivity contribution in [2.24, 2.45) is 0 Å². The van der Waals surface area contributed by atoms with E-state index in [0.29, 0.717) is 0 Å². The van der Waals surface area contributed by atoms with Gasteiger partial charge in [0.1, 0.15) is 5.82 Å². The highest BCUT2D eigenvalue weighted by Gasteiger charge is 2.14. The van der Waals surface area contributed by atoms with Gasteiger partial charge in [-0.2, -0.15) is 0 Å². The Kier molecular flexibility index (Phi) is 4.51. The van der Waals surface area contributed by atoms with Crippen LogP contribution in [0.1, 0.15) is 29.3 Å². The Morgan fingerprint density at radius 3 is 2.76 bits per heavy atom. The van der Waals surface area contributed by atoms with Crippen molar-refractivity contribution in [3.8, 4) is 0 Å². The molecule has 0 spiro atoms. The minimum Gasteiger partial charge on any atom is -0.370 e. The van der Waals surface area contributed by atoms with Gasteiger partial charge in [0.05, 0.1) is 0 Å². The van der Waals surface area contributed by atoms with Crippen LogP contribution in [0.2, 0.25) is 0 Å². The van der Waals surface area contributed by atoms with Crippen molar-refractivity contribution >= 4 is 5.82 Å². The summed E-state index contributed by atoms with van der Waals surface area (Å²) in [5.41, 5.74) is 5.34. The van der Waals surface area contributed by atoms with Crippen molar-refractivity contribution in [2.75, 3.05) is 25.0 Å². The van der Waals surface area contributed by atoms with Crippen molar-refractivity contribution in [3.05, 3.63) is 58.8 Å². The van der Waals surface area contributed by atoms with Crippen LogP contribution < -0.4 is 10.6 Å². The fourth-order valence-corrected chi connectivity index (χ4v) is 2.96. The fourth-order valence-electron chi connectivity index (χ4n) is 2.96. The summed E-state index contributed by atoms with van der Waals surface area (Å²) in [4.78, 5) is 4.87. The molecular formula is C18H23N3. The molecule has 0 bridgehead atoms. The summed E-state index contributed by atoms with van der Waals surface area (Å²) in [5, 5.41) is 6.93. The molecule has 0 unspecified atom stereocenters. The maximum absolute atomic E-state index is 4.87. The van der Waals surface area contributed by atoms with Crippen molar-refractivity contribution < 1.29 is 0 Å². The second-order valence-corrected chi connectivity index (χ2v) is 5.54. The summed E-state index contributed by atoms with van der Waals surface area (Å²) in [6.45, 7) is 5.16. The van der Waals surface area contributed by atoms with Gasteiger partial charge < -0.3 is 10.6 Å². The van der Waals surface area contributed by atoms with Gasteiger partial charge in [0.15, 0.2) is 0 Å². The monoisotopic (exact) mass is 281 g/mol. The van der Waals surface area contributed by atoms with Gasteiger partial charge in [0.25, 0.3) is 0 Å². The number of benzene rings is 1. The highest BCUT2D eigenvalue weighted by atomic mass is 15.0. The van der Waals surface area contributed by atoms with Crippen LogP contribution in [0.4, 0.5) is 5.82 Å². The minimum absolute atomic E-state index is 0.903. The molecule has 1 aromatic heterocycles. The molecule has 3 heteroatoms. The van der Waals surface area contributed by atoms with Gasteiger partial charge in [-0.25, -0.2) is 4.98 Å². The lowest BCUT2D eigenvalue weighted by molar-refractivity contribution is 0.711. The predicted octanol–water partition coefficient (Wildman–Crippen LogP) is 2.79. The van der Waals surface area contributed by atoms with E-state index in [2.05, 4.69) is 54.0 Å². The first-order valence-corrected chi connectivity index (χ1v) is 7.87. The number of hydrogen-bond donors (Lipinski definition) is 2. The van der Waals surface area contributed by atoms with Gasteiger partial charge >= 0.3 is 0 Å². The standard InChI is InChI=1S/C18H23N3/c1-2-20-18-17-9-11-19-10-8-15(17)13-16(21-18)12-14-6-4-3-5-7-14/h3-7,13,19H,2,8-12H2,1H3,(H,20,21). The summed E-state index contributed by atoms with van der Waals surface area (Å²) in [6.07, 6.45) is 3.06. The molecule has 0 saturated carbocycles. The minimum atomic E-state index is 0.903. The van der Waals surface area contributed by atoms with Crippen LogP contribution in [0.15, 0.2) is 36.4 Å². The van der Waals surface area contributed by atoms with Gasteiger partial charge in [-0.15, -0.1) is 0 Å². The fraction of sp³-hybridized carbons (Fsp3) is 0.389. The van der Waals surface area contributed by atoms with Crippen LogP contribution in [0.3, 0.4) is 0 Å². The molecule has 21 heavy (non-hydrogen) atoms. The zero-order chi connectivity index (χ0) is 14.5. The quantitative estimate of drug-likeness (QED) is 0.905. The molecule has 0 atom stereocenters. The number of rotatable bonds is 4. The Hall–Kier alpha value is -1.87. The predicted molar refractivity (Wildman–Crippen MR) is 87.9 cm³/mol. The Morgan fingerprint density at radius 1 is 1.14 bits per heavy atom. The van der Waals surface area contributed by atoms with Crippen LogP contribution in [-0.2, 0) is 19.3 Å². The van der Waals surface area contributed by atoms with Crippen molar-refractivity contribution in [1.29, 1.82) is 0 Å². The van der Waals surface area contributed by atoms with Gasteiger partial charge in [0, 0.05) is 18.7 Å². The molecule has 0 aliphatic carbocycles. The van der Waals surface area contributed by atoms with Crippen molar-refractivity contribution in [1.82, 2.24) is 10.3 Å². The van der Waals surface area contributed by atoms with E-state index in [4.69, 9.17) is 4.98 Å². The number of hydrogen-bond acceptors (Lipinski definition) is 3. The van der Waals surface area contributed by atoms with Gasteiger partial charge in [-0.05, 0) is 55.6 Å². The molecule has 3 rings (SSSR count). The lowest BCUT2D eigenvalue weighted by Gasteiger charge is -2.15. The zero-order valence-corrected chi connectivity index (χ0v) is 12.7. The van der Waals surface area contributed by atoms with E-state index >= 15 is 0 Å². The number of aromatic nitrogens is 1. The number of anilines is 1. The summed E-state index contributed by atoms with van der Waals surface area (Å²) >= 11 is 0. The summed E-state index contributed by atoms with van der Waals surface area (Å²) < 4.78 is 0. The van der Waals surface area contributed by atoms with E-state index in [0.717, 1.165) is 50.4 Å². The van der Waals surface area contributed by atoms with Crippen LogP contribution in [0.25, 0.3) is 0 Å². The lowest BCUT2D eigenvalue weighted by Crippen LogP contribution is -2.16. The molecule has 0 fully saturated rings. The Morgan fingerprint density at radius 2 is 1.95 bits per heavy atom. The van der Waals surface area contributed by atoms with E-state index in [1.54, 1.807) is 0 Å². The summed E-state index contributed by atoms with van der Waals surface area (Å²) in [5.74, 6) is 1.09. The largest absolute Gasteiger partial charge is 0.370 e. The first-order valence-electron chi connectivity index (χ1n) is 7.87. The van der Waals surface area contributed by atoms with Crippen LogP contribution >= 0.6 is 0 Å². The van der Waals surface area contributed by atoms with Crippen molar-refractivity contribution in [2.45, 2.75) is 26.2 Å². The summed E-state index contributed by atoms with van der Waals surface area (Å²) in [7, 11) is 0. The first-order chi connectivity index (χ1) is 10.4. The molecule has 2 N–H and O–H groups in total. The third kappa shape index (κ3) is 3.42. The van der Waals surface area contributed by atoms with E-state index in [1.807, 2.05) is 0 Å². The molecule has 3 nitrogen and oxygen atoms in total. The molecule has 0 radical (unpaired) electrons. The average Bonchev–Trinajstić information content (AvgIpc) is 2.74. The number of nitrogens with zero attached hydrogens (tertiary/aromatic N) is 1. The third-order valence-electron chi connectivity index (χ3n) is 3.96. The van der Waals surface area contributed by atoms with E-state index < -0.39 is 0 Å². The second-order valence-electron chi connectivity index (χ2n) is 5.54. The molecule has 1 aliphatic heterocycles. The molecule has 2 heterocycles. The highest BCUT2D eigenvalue weighted by molar-refractivity contribution is 5.51. The summed E-state index contributed by atoms with van der Waals surface area (Å²) in [6, 6.07) is 12.9. The van der Waals surface area contributed by atoms with Gasteiger partial charge in [-0.1, -0.05) is 30.3 Å². The Labute approximate surface area is 126 Å². The number of fused-ring (bicyclic) bond motifs is 1. The van der Waals surface area contributed by atoms with Crippen LogP contribution in [0, 0.1) is 0 Å². The van der Waals surface area contributed by atoms with Crippen molar-refractivity contribution in [3.63, 3.8) is 0 Å². The molecule has 1 aliphatic rings. The zero-order valence-electron chi connectivity index (χ0n) is 12.7. The molecule has 1 aromatic carbocycles. The average molecular weight is 281 g/mol. The van der Waals surface area contributed by atoms with E-state index in [-0.39, 0.29) is 0 Å². The SMILES string of the molecule is CCNc1nc(Cc2ccccc2)cc2c1CCNCC2. The maximum atomic E-state index is 4.87. The first kappa shape index (κ1) is 14.1. The Balaban J connectivity index is 1.94. The highest BCUT2D eigenvalue weighted by Crippen LogP contribution is 2.23. The normalized spacial score (nSPS) is 14.3. The van der Waals surface area contributed by atoms with E-state index in [9.17, 15) is 0 Å². The van der Waals surface area contributed by atoms with E-state index in [1.165, 1.54) is 16.7 Å². The second kappa shape index (κ2) is 6.72. The lowest BCUT2D eigenvalue weighted by atomic mass is 10.0. The van der Waals surface area contributed by atoms with Gasteiger partial charge in [-0.3, -0.25) is 0 Å². The third-order valence-corrected chi connectivity index (χ3v) is 3.96.